The van der Waals surface area contributed by atoms with Gasteiger partial charge in [-0.15, -0.1) is 0 Å². The van der Waals surface area contributed by atoms with Gasteiger partial charge in [0.25, 0.3) is 0 Å². The summed E-state index contributed by atoms with van der Waals surface area (Å²) < 4.78 is 10.3. The molecule has 0 spiro atoms. The number of fused-ring (bicyclic) bond motifs is 1. The minimum Gasteiger partial charge on any atom is -0.493 e. The number of rotatable bonds is 2. The Balaban J connectivity index is 0.000000659. The van der Waals surface area contributed by atoms with Gasteiger partial charge in [0, 0.05) is 12.0 Å². The lowest BCUT2D eigenvalue weighted by atomic mass is 10.1. The van der Waals surface area contributed by atoms with Crippen molar-refractivity contribution in [3.8, 4) is 11.5 Å². The molecule has 0 aliphatic heterocycles. The van der Waals surface area contributed by atoms with E-state index in [0.29, 0.717) is 17.9 Å². The third kappa shape index (κ3) is 3.49. The lowest BCUT2D eigenvalue weighted by molar-refractivity contribution is 0.0994. The molecule has 0 saturated heterocycles. The Morgan fingerprint density at radius 1 is 0.889 bits per heavy atom. The van der Waals surface area contributed by atoms with E-state index in [4.69, 9.17) is 9.47 Å². The van der Waals surface area contributed by atoms with Gasteiger partial charge in [-0.05, 0) is 24.1 Å². The molecule has 2 rings (SSSR count). The van der Waals surface area contributed by atoms with Gasteiger partial charge in [-0.25, -0.2) is 0 Å². The lowest BCUT2D eigenvalue weighted by Crippen LogP contribution is -1.96. The van der Waals surface area contributed by atoms with Gasteiger partial charge in [0.2, 0.25) is 0 Å². The van der Waals surface area contributed by atoms with Gasteiger partial charge < -0.3 is 9.47 Å². The molecule has 0 heterocycles. The Labute approximate surface area is 110 Å². The quantitative estimate of drug-likeness (QED) is 0.801. The first kappa shape index (κ1) is 16.5. The van der Waals surface area contributed by atoms with Gasteiger partial charge >= 0.3 is 0 Å². The lowest BCUT2D eigenvalue weighted by Gasteiger charge is -2.09. The molecule has 1 aromatic rings. The van der Waals surface area contributed by atoms with Crippen molar-refractivity contribution >= 4 is 5.78 Å². The van der Waals surface area contributed by atoms with E-state index < -0.39 is 0 Å². The van der Waals surface area contributed by atoms with Gasteiger partial charge in [0.15, 0.2) is 17.3 Å². The molecule has 102 valence electrons. The Morgan fingerprint density at radius 3 is 1.89 bits per heavy atom. The average molecular weight is 252 g/mol. The normalized spacial score (nSPS) is 11.6. The molecule has 0 N–H and O–H groups in total. The van der Waals surface area contributed by atoms with E-state index in [0.717, 1.165) is 17.5 Å². The van der Waals surface area contributed by atoms with Crippen LogP contribution in [0.15, 0.2) is 12.1 Å². The van der Waals surface area contributed by atoms with E-state index in [1.807, 2.05) is 33.8 Å². The monoisotopic (exact) mass is 252 g/mol. The number of methoxy groups -OCH3 is 2. The number of ketones is 1. The molecule has 0 bridgehead atoms. The maximum absolute atomic E-state index is 11.4. The predicted molar refractivity (Wildman–Crippen MR) is 74.9 cm³/mol. The molecular formula is C15H24O3. The van der Waals surface area contributed by atoms with Crippen LogP contribution < -0.4 is 9.47 Å². The van der Waals surface area contributed by atoms with Crippen molar-refractivity contribution in [1.82, 2.24) is 0 Å². The van der Waals surface area contributed by atoms with Crippen molar-refractivity contribution in [3.63, 3.8) is 0 Å². The zero-order valence-corrected chi connectivity index (χ0v) is 12.3. The predicted octanol–water partition coefficient (Wildman–Crippen LogP) is 3.89. The first-order valence-corrected chi connectivity index (χ1v) is 6.54. The zero-order chi connectivity index (χ0) is 14.1. The van der Waals surface area contributed by atoms with Crippen LogP contribution in [-0.4, -0.2) is 20.0 Å². The highest BCUT2D eigenvalue weighted by Crippen LogP contribution is 2.34. The first-order chi connectivity index (χ1) is 8.76. The SMILES string of the molecule is CC.CC.COc1cc2c(cc1OC)C(=O)CC2. The number of ether oxygens (including phenoxy) is 2. The molecule has 0 atom stereocenters. The van der Waals surface area contributed by atoms with Crippen molar-refractivity contribution in [2.45, 2.75) is 40.5 Å². The van der Waals surface area contributed by atoms with Gasteiger partial charge in [0.1, 0.15) is 0 Å². The van der Waals surface area contributed by atoms with E-state index in [9.17, 15) is 4.79 Å². The zero-order valence-electron chi connectivity index (χ0n) is 12.3. The summed E-state index contributed by atoms with van der Waals surface area (Å²) in [5.41, 5.74) is 1.84. The fourth-order valence-corrected chi connectivity index (χ4v) is 1.77. The molecule has 0 fully saturated rings. The summed E-state index contributed by atoms with van der Waals surface area (Å²) in [6.45, 7) is 8.00. The number of carbonyl (C=O) groups is 1. The Kier molecular flexibility index (Phi) is 7.84. The Morgan fingerprint density at radius 2 is 1.39 bits per heavy atom. The number of carbonyl (C=O) groups excluding carboxylic acids is 1. The second-order valence-corrected chi connectivity index (χ2v) is 3.29. The third-order valence-corrected chi connectivity index (χ3v) is 2.53. The summed E-state index contributed by atoms with van der Waals surface area (Å²) in [5, 5.41) is 0. The molecule has 1 aromatic carbocycles. The third-order valence-electron chi connectivity index (χ3n) is 2.53. The van der Waals surface area contributed by atoms with Crippen LogP contribution in [0.2, 0.25) is 0 Å². The Hall–Kier alpha value is -1.51. The van der Waals surface area contributed by atoms with E-state index in [2.05, 4.69) is 0 Å². The smallest absolute Gasteiger partial charge is 0.163 e. The van der Waals surface area contributed by atoms with E-state index in [-0.39, 0.29) is 5.78 Å². The first-order valence-electron chi connectivity index (χ1n) is 6.54. The van der Waals surface area contributed by atoms with Crippen LogP contribution in [0.1, 0.15) is 50.0 Å². The summed E-state index contributed by atoms with van der Waals surface area (Å²) in [7, 11) is 3.17. The molecule has 0 aromatic heterocycles. The summed E-state index contributed by atoms with van der Waals surface area (Å²) >= 11 is 0. The highest BCUT2D eigenvalue weighted by Gasteiger charge is 2.22. The van der Waals surface area contributed by atoms with Crippen molar-refractivity contribution in [2.75, 3.05) is 14.2 Å². The van der Waals surface area contributed by atoms with Crippen LogP contribution in [-0.2, 0) is 6.42 Å². The largest absolute Gasteiger partial charge is 0.493 e. The van der Waals surface area contributed by atoms with E-state index in [1.165, 1.54) is 0 Å². The molecule has 0 unspecified atom stereocenters. The maximum atomic E-state index is 11.4. The van der Waals surface area contributed by atoms with Crippen molar-refractivity contribution < 1.29 is 14.3 Å². The molecule has 1 aliphatic rings. The summed E-state index contributed by atoms with van der Waals surface area (Å²) in [6.07, 6.45) is 1.42. The minimum atomic E-state index is 0.195. The molecule has 18 heavy (non-hydrogen) atoms. The number of Topliss-reactive ketones (excluding diaryl/α,β-unsaturated/α-hetero) is 1. The summed E-state index contributed by atoms with van der Waals surface area (Å²) in [5.74, 6) is 1.52. The standard InChI is InChI=1S/C11H12O3.2C2H6/c1-13-10-5-7-3-4-9(12)8(7)6-11(10)14-2;2*1-2/h5-6H,3-4H2,1-2H3;2*1-2H3. The van der Waals surface area contributed by atoms with E-state index in [1.54, 1.807) is 20.3 Å². The Bertz CT molecular complexity index is 384. The summed E-state index contributed by atoms with van der Waals surface area (Å²) in [4.78, 5) is 11.4. The fraction of sp³-hybridized carbons (Fsp3) is 0.533. The molecule has 1 aliphatic carbocycles. The molecule has 0 saturated carbocycles. The van der Waals surface area contributed by atoms with Gasteiger partial charge in [-0.1, -0.05) is 27.7 Å². The van der Waals surface area contributed by atoms with Crippen molar-refractivity contribution in [3.05, 3.63) is 23.3 Å². The maximum Gasteiger partial charge on any atom is 0.163 e. The second kappa shape index (κ2) is 8.56. The number of hydrogen-bond acceptors (Lipinski definition) is 3. The number of aryl methyl sites for hydroxylation is 1. The van der Waals surface area contributed by atoms with E-state index >= 15 is 0 Å². The van der Waals surface area contributed by atoms with Gasteiger partial charge in [0.05, 0.1) is 14.2 Å². The highest BCUT2D eigenvalue weighted by atomic mass is 16.5. The fourth-order valence-electron chi connectivity index (χ4n) is 1.77. The van der Waals surface area contributed by atoms with Gasteiger partial charge in [-0.2, -0.15) is 0 Å². The number of benzene rings is 1. The number of hydrogen-bond donors (Lipinski definition) is 0. The van der Waals surface area contributed by atoms with Crippen molar-refractivity contribution in [2.24, 2.45) is 0 Å². The molecule has 0 radical (unpaired) electrons. The van der Waals surface area contributed by atoms with Crippen LogP contribution in [0.4, 0.5) is 0 Å². The molecular weight excluding hydrogens is 228 g/mol. The van der Waals surface area contributed by atoms with Crippen LogP contribution in [0.3, 0.4) is 0 Å². The van der Waals surface area contributed by atoms with Crippen molar-refractivity contribution in [1.29, 1.82) is 0 Å². The highest BCUT2D eigenvalue weighted by molar-refractivity contribution is 6.01. The average Bonchev–Trinajstić information content (AvgIpc) is 2.82. The molecule has 0 amide bonds. The van der Waals surface area contributed by atoms with Gasteiger partial charge in [-0.3, -0.25) is 4.79 Å². The van der Waals surface area contributed by atoms with Crippen LogP contribution in [0, 0.1) is 0 Å². The topological polar surface area (TPSA) is 35.5 Å². The molecule has 3 nitrogen and oxygen atoms in total. The minimum absolute atomic E-state index is 0.195. The molecule has 3 heteroatoms. The van der Waals surface area contributed by atoms with Crippen LogP contribution in [0.5, 0.6) is 11.5 Å². The second-order valence-electron chi connectivity index (χ2n) is 3.29. The van der Waals surface area contributed by atoms with Crippen LogP contribution >= 0.6 is 0 Å². The van der Waals surface area contributed by atoms with Crippen LogP contribution in [0.25, 0.3) is 0 Å². The summed E-state index contributed by atoms with van der Waals surface area (Å²) in [6, 6.07) is 3.66.